The summed E-state index contributed by atoms with van der Waals surface area (Å²) < 4.78 is 34.5. The highest BCUT2D eigenvalue weighted by Gasteiger charge is 2.19. The topological polar surface area (TPSA) is 53.1 Å². The van der Waals surface area contributed by atoms with Gasteiger partial charge in [0.2, 0.25) is 0 Å². The van der Waals surface area contributed by atoms with Crippen LogP contribution in [0.2, 0.25) is 0 Å². The van der Waals surface area contributed by atoms with E-state index in [0.29, 0.717) is 18.8 Å². The third-order valence-electron chi connectivity index (χ3n) is 3.59. The maximum atomic E-state index is 13.9. The fraction of sp³-hybridized carbons (Fsp3) is 0.357. The molecule has 0 amide bonds. The van der Waals surface area contributed by atoms with E-state index in [0.717, 1.165) is 12.8 Å². The largest absolute Gasteiger partial charge is 0.396 e. The molecule has 1 saturated heterocycles. The van der Waals surface area contributed by atoms with Gasteiger partial charge in [0, 0.05) is 30.5 Å². The van der Waals surface area contributed by atoms with Crippen LogP contribution in [0.4, 0.5) is 14.5 Å². The molecule has 0 saturated carbocycles. The van der Waals surface area contributed by atoms with Crippen LogP contribution in [-0.2, 0) is 4.74 Å². The molecule has 1 aliphatic rings. The Morgan fingerprint density at radius 2 is 1.95 bits per heavy atom. The second kappa shape index (κ2) is 5.20. The molecule has 1 aromatic heterocycles. The molecule has 20 heavy (non-hydrogen) atoms. The number of benzene rings is 1. The second-order valence-electron chi connectivity index (χ2n) is 4.88. The minimum absolute atomic E-state index is 0.176. The summed E-state index contributed by atoms with van der Waals surface area (Å²) in [6.07, 6.45) is 5.03. The monoisotopic (exact) mass is 279 g/mol. The van der Waals surface area contributed by atoms with E-state index in [-0.39, 0.29) is 17.3 Å². The van der Waals surface area contributed by atoms with E-state index >= 15 is 0 Å². The molecule has 1 aromatic carbocycles. The Balaban J connectivity index is 1.92. The molecule has 2 aromatic rings. The van der Waals surface area contributed by atoms with Crippen molar-refractivity contribution in [2.75, 3.05) is 18.9 Å². The Bertz CT molecular complexity index is 621. The third kappa shape index (κ3) is 2.27. The first-order chi connectivity index (χ1) is 9.66. The first-order valence-corrected chi connectivity index (χ1v) is 6.52. The van der Waals surface area contributed by atoms with Crippen LogP contribution in [-0.4, -0.2) is 23.0 Å². The molecule has 0 spiro atoms. The predicted octanol–water partition coefficient (Wildman–Crippen LogP) is 2.76. The van der Waals surface area contributed by atoms with E-state index in [1.54, 1.807) is 17.1 Å². The van der Waals surface area contributed by atoms with Gasteiger partial charge >= 0.3 is 0 Å². The first-order valence-electron chi connectivity index (χ1n) is 6.52. The predicted molar refractivity (Wildman–Crippen MR) is 71.1 cm³/mol. The lowest BCUT2D eigenvalue weighted by Crippen LogP contribution is -2.19. The zero-order valence-corrected chi connectivity index (χ0v) is 10.9. The Labute approximate surface area is 115 Å². The maximum Gasteiger partial charge on any atom is 0.182 e. The number of rotatable bonds is 2. The van der Waals surface area contributed by atoms with Gasteiger partial charge in [0.25, 0.3) is 0 Å². The van der Waals surface area contributed by atoms with Gasteiger partial charge in [-0.05, 0) is 25.0 Å². The average Bonchev–Trinajstić information content (AvgIpc) is 2.95. The normalized spacial score (nSPS) is 16.5. The van der Waals surface area contributed by atoms with Crippen LogP contribution < -0.4 is 5.73 Å². The standard InChI is InChI=1S/C14H15F2N3O/c15-13-11(1-2-12(17)14(13)16)9-7-18-19(8-9)10-3-5-20-6-4-10/h1-2,7-8,10H,3-6,17H2. The summed E-state index contributed by atoms with van der Waals surface area (Å²) in [5, 5.41) is 4.25. The molecule has 2 N–H and O–H groups in total. The van der Waals surface area contributed by atoms with E-state index in [2.05, 4.69) is 5.10 Å². The molecule has 0 radical (unpaired) electrons. The number of hydrogen-bond donors (Lipinski definition) is 1. The number of ether oxygens (including phenoxy) is 1. The quantitative estimate of drug-likeness (QED) is 0.860. The summed E-state index contributed by atoms with van der Waals surface area (Å²) in [7, 11) is 0. The summed E-state index contributed by atoms with van der Waals surface area (Å²) in [5.41, 5.74) is 5.87. The summed E-state index contributed by atoms with van der Waals surface area (Å²) in [6.45, 7) is 1.40. The van der Waals surface area contributed by atoms with Crippen molar-refractivity contribution >= 4 is 5.69 Å². The third-order valence-corrected chi connectivity index (χ3v) is 3.59. The van der Waals surface area contributed by atoms with Crippen molar-refractivity contribution in [2.45, 2.75) is 18.9 Å². The number of anilines is 1. The van der Waals surface area contributed by atoms with Gasteiger partial charge in [-0.3, -0.25) is 4.68 Å². The Kier molecular flexibility index (Phi) is 3.40. The lowest BCUT2D eigenvalue weighted by Gasteiger charge is -2.22. The van der Waals surface area contributed by atoms with Crippen LogP contribution in [0.3, 0.4) is 0 Å². The smallest absolute Gasteiger partial charge is 0.182 e. The summed E-state index contributed by atoms with van der Waals surface area (Å²) in [5.74, 6) is -1.95. The molecule has 0 bridgehead atoms. The van der Waals surface area contributed by atoms with Gasteiger partial charge in [-0.15, -0.1) is 0 Å². The van der Waals surface area contributed by atoms with Crippen LogP contribution in [0.1, 0.15) is 18.9 Å². The molecule has 1 fully saturated rings. The van der Waals surface area contributed by atoms with Crippen molar-refractivity contribution < 1.29 is 13.5 Å². The lowest BCUT2D eigenvalue weighted by molar-refractivity contribution is 0.0662. The number of hydrogen-bond acceptors (Lipinski definition) is 3. The van der Waals surface area contributed by atoms with E-state index < -0.39 is 11.6 Å². The molecule has 0 atom stereocenters. The molecule has 6 heteroatoms. The van der Waals surface area contributed by atoms with E-state index in [4.69, 9.17) is 10.5 Å². The maximum absolute atomic E-state index is 13.9. The van der Waals surface area contributed by atoms with Gasteiger partial charge in [-0.1, -0.05) is 0 Å². The van der Waals surface area contributed by atoms with Crippen LogP contribution in [0, 0.1) is 11.6 Å². The second-order valence-corrected chi connectivity index (χ2v) is 4.88. The Morgan fingerprint density at radius 1 is 1.20 bits per heavy atom. The van der Waals surface area contributed by atoms with Crippen molar-refractivity contribution in [3.05, 3.63) is 36.2 Å². The Morgan fingerprint density at radius 3 is 2.70 bits per heavy atom. The summed E-state index contributed by atoms with van der Waals surface area (Å²) in [6, 6.07) is 3.08. The van der Waals surface area contributed by atoms with Crippen LogP contribution in [0.25, 0.3) is 11.1 Å². The van der Waals surface area contributed by atoms with Gasteiger partial charge in [0.15, 0.2) is 11.6 Å². The van der Waals surface area contributed by atoms with E-state index in [1.807, 2.05) is 0 Å². The summed E-state index contributed by atoms with van der Waals surface area (Å²) >= 11 is 0. The molecule has 0 aliphatic carbocycles. The van der Waals surface area contributed by atoms with Crippen molar-refractivity contribution in [1.29, 1.82) is 0 Å². The van der Waals surface area contributed by atoms with Crippen LogP contribution in [0.15, 0.2) is 24.5 Å². The van der Waals surface area contributed by atoms with E-state index in [9.17, 15) is 8.78 Å². The highest BCUT2D eigenvalue weighted by Crippen LogP contribution is 2.29. The van der Waals surface area contributed by atoms with Gasteiger partial charge in [-0.25, -0.2) is 8.78 Å². The van der Waals surface area contributed by atoms with Gasteiger partial charge in [0.1, 0.15) is 0 Å². The Hall–Kier alpha value is -1.95. The fourth-order valence-electron chi connectivity index (χ4n) is 2.41. The molecular formula is C14H15F2N3O. The highest BCUT2D eigenvalue weighted by atomic mass is 19.2. The number of nitrogens with zero attached hydrogens (tertiary/aromatic N) is 2. The average molecular weight is 279 g/mol. The molecular weight excluding hydrogens is 264 g/mol. The minimum Gasteiger partial charge on any atom is -0.396 e. The molecule has 3 rings (SSSR count). The SMILES string of the molecule is Nc1ccc(-c2cnn(C3CCOCC3)c2)c(F)c1F. The first kappa shape index (κ1) is 13.1. The van der Waals surface area contributed by atoms with Crippen molar-refractivity contribution in [3.63, 3.8) is 0 Å². The van der Waals surface area contributed by atoms with Gasteiger partial charge < -0.3 is 10.5 Å². The molecule has 4 nitrogen and oxygen atoms in total. The van der Waals surface area contributed by atoms with Crippen LogP contribution in [0.5, 0.6) is 0 Å². The highest BCUT2D eigenvalue weighted by molar-refractivity contribution is 5.65. The summed E-state index contributed by atoms with van der Waals surface area (Å²) in [4.78, 5) is 0. The van der Waals surface area contributed by atoms with Crippen molar-refractivity contribution in [1.82, 2.24) is 9.78 Å². The van der Waals surface area contributed by atoms with Gasteiger partial charge in [0.05, 0.1) is 17.9 Å². The van der Waals surface area contributed by atoms with Gasteiger partial charge in [-0.2, -0.15) is 5.10 Å². The van der Waals surface area contributed by atoms with E-state index in [1.165, 1.54) is 12.1 Å². The molecule has 0 unspecified atom stereocenters. The minimum atomic E-state index is -1.01. The number of aromatic nitrogens is 2. The molecule has 106 valence electrons. The molecule has 1 aliphatic heterocycles. The zero-order valence-electron chi connectivity index (χ0n) is 10.9. The molecule has 2 heterocycles. The van der Waals surface area contributed by atoms with Crippen molar-refractivity contribution in [2.24, 2.45) is 0 Å². The number of nitrogens with two attached hydrogens (primary N) is 1. The lowest BCUT2D eigenvalue weighted by atomic mass is 10.1. The van der Waals surface area contributed by atoms with Crippen molar-refractivity contribution in [3.8, 4) is 11.1 Å². The number of nitrogen functional groups attached to an aromatic ring is 1. The van der Waals surface area contributed by atoms with Crippen LogP contribution >= 0.6 is 0 Å². The number of halogens is 2. The fourth-order valence-corrected chi connectivity index (χ4v) is 2.41. The zero-order chi connectivity index (χ0) is 14.1.